The van der Waals surface area contributed by atoms with E-state index in [0.29, 0.717) is 23.5 Å². The molecular weight excluding hydrogens is 435 g/mol. The molecule has 3 aliphatic heterocycles. The van der Waals surface area contributed by atoms with Crippen LogP contribution in [-0.2, 0) is 22.6 Å². The smallest absolute Gasteiger partial charge is 0.416 e. The van der Waals surface area contributed by atoms with Gasteiger partial charge in [-0.1, -0.05) is 0 Å². The third-order valence-electron chi connectivity index (χ3n) is 5.99. The van der Waals surface area contributed by atoms with Crippen LogP contribution in [0.4, 0.5) is 13.2 Å². The molecule has 4 heterocycles. The standard InChI is InChI=1S/C20H14F3N3O4S/c21-20(22,23)10-1-3-11(4-2-10)31(27,28)26-16-7-15-14(8-24-25-15)19(26)13-6-18-17(5-12(13)16)29-9-30-18/h1-6,8,16,19H,7,9H2,(H,24,25). The van der Waals surface area contributed by atoms with E-state index in [9.17, 15) is 21.6 Å². The molecule has 0 fully saturated rings. The first-order valence-corrected chi connectivity index (χ1v) is 10.9. The monoisotopic (exact) mass is 449 g/mol. The maximum absolute atomic E-state index is 13.6. The van der Waals surface area contributed by atoms with Crippen molar-refractivity contribution >= 4 is 10.0 Å². The third kappa shape index (κ3) is 2.56. The van der Waals surface area contributed by atoms with E-state index in [2.05, 4.69) is 10.2 Å². The number of alkyl halides is 3. The van der Waals surface area contributed by atoms with Gasteiger partial charge in [-0.3, -0.25) is 5.10 Å². The molecular formula is C20H14F3N3O4S. The molecule has 0 saturated heterocycles. The van der Waals surface area contributed by atoms with E-state index in [1.807, 2.05) is 0 Å². The van der Waals surface area contributed by atoms with Crippen molar-refractivity contribution in [3.63, 3.8) is 0 Å². The van der Waals surface area contributed by atoms with Gasteiger partial charge in [0.05, 0.1) is 28.7 Å². The summed E-state index contributed by atoms with van der Waals surface area (Å²) in [6.45, 7) is 0.0953. The minimum atomic E-state index is -4.55. The number of ether oxygens (including phenoxy) is 2. The Bertz CT molecular complexity index is 1320. The van der Waals surface area contributed by atoms with Crippen molar-refractivity contribution < 1.29 is 31.1 Å². The number of rotatable bonds is 2. The molecule has 31 heavy (non-hydrogen) atoms. The molecule has 1 N–H and O–H groups in total. The van der Waals surface area contributed by atoms with E-state index in [1.54, 1.807) is 18.3 Å². The Balaban J connectivity index is 1.49. The Morgan fingerprint density at radius 2 is 1.71 bits per heavy atom. The Kier molecular flexibility index (Phi) is 3.63. The number of halogens is 3. The number of nitrogens with one attached hydrogen (secondary N) is 1. The van der Waals surface area contributed by atoms with E-state index < -0.39 is 33.8 Å². The molecule has 7 nitrogen and oxygen atoms in total. The second-order valence-electron chi connectivity index (χ2n) is 7.62. The lowest BCUT2D eigenvalue weighted by atomic mass is 10.00. The number of H-pyrrole nitrogens is 1. The maximum Gasteiger partial charge on any atom is 0.416 e. The number of hydrogen-bond acceptors (Lipinski definition) is 5. The predicted molar refractivity (Wildman–Crippen MR) is 99.9 cm³/mol. The lowest BCUT2D eigenvalue weighted by Gasteiger charge is -2.33. The number of sulfonamides is 1. The van der Waals surface area contributed by atoms with Crippen LogP contribution in [0.15, 0.2) is 47.5 Å². The van der Waals surface area contributed by atoms with Gasteiger partial charge in [0, 0.05) is 17.7 Å². The Hall–Kier alpha value is -3.05. The van der Waals surface area contributed by atoms with Gasteiger partial charge < -0.3 is 9.47 Å². The van der Waals surface area contributed by atoms with Gasteiger partial charge in [-0.2, -0.15) is 22.6 Å². The van der Waals surface area contributed by atoms with Crippen LogP contribution in [0.2, 0.25) is 0 Å². The van der Waals surface area contributed by atoms with Gasteiger partial charge in [-0.15, -0.1) is 0 Å². The molecule has 11 heteroatoms. The zero-order valence-electron chi connectivity index (χ0n) is 15.7. The highest BCUT2D eigenvalue weighted by Crippen LogP contribution is 2.56. The summed E-state index contributed by atoms with van der Waals surface area (Å²) in [5.74, 6) is 1.07. The van der Waals surface area contributed by atoms with Crippen LogP contribution in [0.1, 0.15) is 40.0 Å². The SMILES string of the molecule is O=S(=O)(c1ccc(C(F)(F)F)cc1)N1C2Cc3[nH]ncc3C1c1cc3c(cc12)OCO3. The van der Waals surface area contributed by atoms with Crippen molar-refractivity contribution in [2.45, 2.75) is 29.6 Å². The number of benzene rings is 2. The van der Waals surface area contributed by atoms with Gasteiger partial charge in [0.15, 0.2) is 11.5 Å². The van der Waals surface area contributed by atoms with E-state index >= 15 is 0 Å². The van der Waals surface area contributed by atoms with Crippen LogP contribution < -0.4 is 9.47 Å². The second-order valence-corrected chi connectivity index (χ2v) is 9.46. The molecule has 2 atom stereocenters. The number of hydrogen-bond donors (Lipinski definition) is 1. The van der Waals surface area contributed by atoms with Crippen LogP contribution in [0.25, 0.3) is 0 Å². The van der Waals surface area contributed by atoms with E-state index in [1.165, 1.54) is 4.31 Å². The predicted octanol–water partition coefficient (Wildman–Crippen LogP) is 3.55. The summed E-state index contributed by atoms with van der Waals surface area (Å²) in [4.78, 5) is -0.199. The van der Waals surface area contributed by atoms with E-state index in [4.69, 9.17) is 9.47 Å². The molecule has 160 valence electrons. The van der Waals surface area contributed by atoms with E-state index in [-0.39, 0.29) is 11.7 Å². The van der Waals surface area contributed by atoms with Crippen LogP contribution >= 0.6 is 0 Å². The fourth-order valence-corrected chi connectivity index (χ4v) is 6.37. The zero-order valence-corrected chi connectivity index (χ0v) is 16.5. The van der Waals surface area contributed by atoms with Crippen LogP contribution in [0.5, 0.6) is 11.5 Å². The lowest BCUT2D eigenvalue weighted by Crippen LogP contribution is -2.37. The summed E-state index contributed by atoms with van der Waals surface area (Å²) in [5.41, 5.74) is 2.18. The summed E-state index contributed by atoms with van der Waals surface area (Å²) in [7, 11) is -4.12. The minimum absolute atomic E-state index is 0.0953. The zero-order chi connectivity index (χ0) is 21.5. The van der Waals surface area contributed by atoms with Crippen LogP contribution in [0, 0.1) is 0 Å². The van der Waals surface area contributed by atoms with Crippen LogP contribution in [-0.4, -0.2) is 29.7 Å². The Morgan fingerprint density at radius 1 is 1.03 bits per heavy atom. The summed E-state index contributed by atoms with van der Waals surface area (Å²) >= 11 is 0. The fourth-order valence-electron chi connectivity index (χ4n) is 4.62. The lowest BCUT2D eigenvalue weighted by molar-refractivity contribution is -0.137. The highest BCUT2D eigenvalue weighted by Gasteiger charge is 2.51. The molecule has 3 aromatic rings. The first-order valence-electron chi connectivity index (χ1n) is 9.41. The van der Waals surface area contributed by atoms with E-state index in [0.717, 1.165) is 41.1 Å². The topological polar surface area (TPSA) is 84.5 Å². The number of nitrogens with zero attached hydrogens (tertiary/aromatic N) is 2. The third-order valence-corrected chi connectivity index (χ3v) is 7.88. The second kappa shape index (κ2) is 6.01. The molecule has 6 rings (SSSR count). The molecule has 2 unspecified atom stereocenters. The highest BCUT2D eigenvalue weighted by molar-refractivity contribution is 7.89. The van der Waals surface area contributed by atoms with Crippen molar-refractivity contribution in [3.05, 3.63) is 70.5 Å². The number of aromatic nitrogens is 2. The van der Waals surface area contributed by atoms with Gasteiger partial charge in [0.1, 0.15) is 0 Å². The summed E-state index contributed by atoms with van der Waals surface area (Å²) in [6.07, 6.45) is -2.60. The normalized spacial score (nSPS) is 21.8. The van der Waals surface area contributed by atoms with Gasteiger partial charge >= 0.3 is 6.18 Å². The average Bonchev–Trinajstić information content (AvgIpc) is 3.44. The first-order chi connectivity index (χ1) is 14.7. The van der Waals surface area contributed by atoms with Gasteiger partial charge in [0.2, 0.25) is 16.8 Å². The van der Waals surface area contributed by atoms with Crippen molar-refractivity contribution in [2.24, 2.45) is 0 Å². The highest BCUT2D eigenvalue weighted by atomic mass is 32.2. The molecule has 3 aliphatic rings. The van der Waals surface area contributed by atoms with Crippen LogP contribution in [0.3, 0.4) is 0 Å². The molecule has 0 spiro atoms. The largest absolute Gasteiger partial charge is 0.454 e. The quantitative estimate of drug-likeness (QED) is 0.647. The average molecular weight is 449 g/mol. The summed E-state index contributed by atoms with van der Waals surface area (Å²) in [5, 5.41) is 7.00. The van der Waals surface area contributed by atoms with Crippen molar-refractivity contribution in [2.75, 3.05) is 6.79 Å². The molecule has 1 aromatic heterocycles. The van der Waals surface area contributed by atoms with Gasteiger partial charge in [0.25, 0.3) is 0 Å². The minimum Gasteiger partial charge on any atom is -0.454 e. The van der Waals surface area contributed by atoms with Crippen molar-refractivity contribution in [1.29, 1.82) is 0 Å². The Labute approximate surface area is 174 Å². The van der Waals surface area contributed by atoms with Crippen molar-refractivity contribution in [3.8, 4) is 11.5 Å². The van der Waals surface area contributed by atoms with Crippen molar-refractivity contribution in [1.82, 2.24) is 14.5 Å². The first kappa shape index (κ1) is 18.7. The Morgan fingerprint density at radius 3 is 2.39 bits per heavy atom. The van der Waals surface area contributed by atoms with Gasteiger partial charge in [-0.25, -0.2) is 8.42 Å². The molecule has 0 saturated carbocycles. The van der Waals surface area contributed by atoms with Gasteiger partial charge in [-0.05, 0) is 47.5 Å². The number of aromatic amines is 1. The molecule has 2 bridgehead atoms. The molecule has 2 aromatic carbocycles. The summed E-state index contributed by atoms with van der Waals surface area (Å²) < 4.78 is 78.3. The number of fused-ring (bicyclic) bond motifs is 8. The molecule has 0 amide bonds. The molecule has 0 aliphatic carbocycles. The fraction of sp³-hybridized carbons (Fsp3) is 0.250. The summed E-state index contributed by atoms with van der Waals surface area (Å²) in [6, 6.07) is 5.92. The maximum atomic E-state index is 13.6. The molecule has 0 radical (unpaired) electrons.